The minimum Gasteiger partial charge on any atom is -0.348 e. The third kappa shape index (κ3) is 5.49. The first-order valence-corrected chi connectivity index (χ1v) is 11.2. The molecule has 1 unspecified atom stereocenters. The second-order valence-electron chi connectivity index (χ2n) is 8.67. The second kappa shape index (κ2) is 10.0. The number of nitrogens with zero attached hydrogens (tertiary/aromatic N) is 3. The molecule has 2 aromatic carbocycles. The Hall–Kier alpha value is -2.76. The van der Waals surface area contributed by atoms with Crippen LogP contribution in [0.15, 0.2) is 66.9 Å². The van der Waals surface area contributed by atoms with Crippen molar-refractivity contribution in [2.75, 3.05) is 33.7 Å². The lowest BCUT2D eigenvalue weighted by molar-refractivity contribution is -0.121. The molecule has 1 fully saturated rings. The van der Waals surface area contributed by atoms with Gasteiger partial charge in [-0.15, -0.1) is 0 Å². The van der Waals surface area contributed by atoms with Gasteiger partial charge in [-0.1, -0.05) is 54.6 Å². The second-order valence-corrected chi connectivity index (χ2v) is 8.67. The van der Waals surface area contributed by atoms with Crippen LogP contribution in [-0.4, -0.2) is 60.5 Å². The van der Waals surface area contributed by atoms with E-state index in [9.17, 15) is 4.79 Å². The summed E-state index contributed by atoms with van der Waals surface area (Å²) < 4.78 is 0. The maximum Gasteiger partial charge on any atom is 0.225 e. The van der Waals surface area contributed by atoms with E-state index in [1.54, 1.807) is 6.20 Å². The molecule has 1 saturated heterocycles. The standard InChI is InChI=1S/C26H32N4O/c1-29-16-13-23(14-17-29)30(2)19-24(20-8-4-3-5-9-20)28-25(31)18-22-11-6-10-21-12-7-15-27-26(21)22/h3-12,15,23-24H,13-14,16-19H2,1-2H3,(H,28,31). The zero-order chi connectivity index (χ0) is 21.6. The van der Waals surface area contributed by atoms with E-state index in [4.69, 9.17) is 0 Å². The number of rotatable bonds is 7. The van der Waals surface area contributed by atoms with Gasteiger partial charge in [-0.05, 0) is 57.2 Å². The van der Waals surface area contributed by atoms with Crippen molar-refractivity contribution in [2.24, 2.45) is 0 Å². The summed E-state index contributed by atoms with van der Waals surface area (Å²) in [6.07, 6.45) is 4.46. The lowest BCUT2D eigenvalue weighted by Crippen LogP contribution is -2.45. The largest absolute Gasteiger partial charge is 0.348 e. The number of fused-ring (bicyclic) bond motifs is 1. The highest BCUT2D eigenvalue weighted by molar-refractivity contribution is 5.87. The molecule has 1 N–H and O–H groups in total. The molecule has 1 amide bonds. The van der Waals surface area contributed by atoms with Crippen LogP contribution in [0.2, 0.25) is 0 Å². The van der Waals surface area contributed by atoms with Gasteiger partial charge in [0.25, 0.3) is 0 Å². The van der Waals surface area contributed by atoms with E-state index in [0.717, 1.165) is 41.7 Å². The zero-order valence-electron chi connectivity index (χ0n) is 18.5. The van der Waals surface area contributed by atoms with Gasteiger partial charge in [0.05, 0.1) is 18.0 Å². The summed E-state index contributed by atoms with van der Waals surface area (Å²) in [6.45, 7) is 3.06. The average molecular weight is 417 g/mol. The lowest BCUT2D eigenvalue weighted by Gasteiger charge is -2.37. The van der Waals surface area contributed by atoms with Crippen molar-refractivity contribution in [3.63, 3.8) is 0 Å². The molecule has 0 spiro atoms. The number of aromatic nitrogens is 1. The molecule has 0 saturated carbocycles. The first-order valence-electron chi connectivity index (χ1n) is 11.2. The van der Waals surface area contributed by atoms with Gasteiger partial charge in [0.2, 0.25) is 5.91 Å². The molecule has 1 aromatic heterocycles. The number of amides is 1. The molecule has 0 aliphatic carbocycles. The highest BCUT2D eigenvalue weighted by Gasteiger charge is 2.24. The van der Waals surface area contributed by atoms with Crippen molar-refractivity contribution in [1.82, 2.24) is 20.1 Å². The Balaban J connectivity index is 1.47. The summed E-state index contributed by atoms with van der Waals surface area (Å²) >= 11 is 0. The van der Waals surface area contributed by atoms with Crippen LogP contribution in [0, 0.1) is 0 Å². The topological polar surface area (TPSA) is 48.5 Å². The molecule has 1 aliphatic rings. The number of hydrogen-bond donors (Lipinski definition) is 1. The van der Waals surface area contributed by atoms with E-state index in [2.05, 4.69) is 46.3 Å². The van der Waals surface area contributed by atoms with Crippen molar-refractivity contribution in [2.45, 2.75) is 31.3 Å². The average Bonchev–Trinajstić information content (AvgIpc) is 2.80. The maximum absolute atomic E-state index is 13.1. The summed E-state index contributed by atoms with van der Waals surface area (Å²) in [7, 11) is 4.37. The summed E-state index contributed by atoms with van der Waals surface area (Å²) in [5.74, 6) is 0.0313. The highest BCUT2D eigenvalue weighted by atomic mass is 16.1. The smallest absolute Gasteiger partial charge is 0.225 e. The van der Waals surface area contributed by atoms with E-state index in [1.165, 1.54) is 12.8 Å². The lowest BCUT2D eigenvalue weighted by atomic mass is 10.0. The van der Waals surface area contributed by atoms with Gasteiger partial charge in [0.1, 0.15) is 0 Å². The number of benzene rings is 2. The number of likely N-dealkylation sites (tertiary alicyclic amines) is 1. The van der Waals surface area contributed by atoms with Gasteiger partial charge in [0, 0.05) is 24.2 Å². The fourth-order valence-electron chi connectivity index (χ4n) is 4.52. The SMILES string of the molecule is CN1CCC(N(C)CC(NC(=O)Cc2cccc3cccnc23)c2ccccc2)CC1. The Morgan fingerprint density at radius 2 is 1.84 bits per heavy atom. The van der Waals surface area contributed by atoms with Crippen LogP contribution in [0.3, 0.4) is 0 Å². The molecular formula is C26H32N4O. The molecule has 0 radical (unpaired) electrons. The minimum absolute atomic E-state index is 0.0313. The van der Waals surface area contributed by atoms with Crippen molar-refractivity contribution in [3.05, 3.63) is 78.0 Å². The van der Waals surface area contributed by atoms with E-state index >= 15 is 0 Å². The van der Waals surface area contributed by atoms with Crippen LogP contribution in [0.4, 0.5) is 0 Å². The molecule has 3 aromatic rings. The molecule has 4 rings (SSSR count). The van der Waals surface area contributed by atoms with E-state index in [-0.39, 0.29) is 11.9 Å². The van der Waals surface area contributed by atoms with Crippen molar-refractivity contribution in [1.29, 1.82) is 0 Å². The molecule has 5 nitrogen and oxygen atoms in total. The van der Waals surface area contributed by atoms with Crippen LogP contribution in [0.1, 0.15) is 30.0 Å². The van der Waals surface area contributed by atoms with Crippen molar-refractivity contribution in [3.8, 4) is 0 Å². The summed E-state index contributed by atoms with van der Waals surface area (Å²) in [6, 6.07) is 20.8. The Morgan fingerprint density at radius 3 is 2.61 bits per heavy atom. The zero-order valence-corrected chi connectivity index (χ0v) is 18.5. The van der Waals surface area contributed by atoms with E-state index in [0.29, 0.717) is 12.5 Å². The molecule has 5 heteroatoms. The highest BCUT2D eigenvalue weighted by Crippen LogP contribution is 2.21. The third-order valence-electron chi connectivity index (χ3n) is 6.39. The van der Waals surface area contributed by atoms with Gasteiger partial charge in [-0.3, -0.25) is 9.78 Å². The number of hydrogen-bond acceptors (Lipinski definition) is 4. The predicted molar refractivity (Wildman–Crippen MR) is 126 cm³/mol. The van der Waals surface area contributed by atoms with E-state index in [1.807, 2.05) is 48.5 Å². The van der Waals surface area contributed by atoms with Gasteiger partial charge in [0.15, 0.2) is 0 Å². The van der Waals surface area contributed by atoms with Crippen LogP contribution in [-0.2, 0) is 11.2 Å². The Bertz CT molecular complexity index is 993. The molecule has 1 atom stereocenters. The first kappa shape index (κ1) is 21.5. The summed E-state index contributed by atoms with van der Waals surface area (Å²) in [4.78, 5) is 22.4. The van der Waals surface area contributed by atoms with Gasteiger partial charge in [-0.2, -0.15) is 0 Å². The molecule has 0 bridgehead atoms. The van der Waals surface area contributed by atoms with Crippen molar-refractivity contribution >= 4 is 16.8 Å². The monoisotopic (exact) mass is 416 g/mol. The Morgan fingerprint density at radius 1 is 1.10 bits per heavy atom. The van der Waals surface area contributed by atoms with Gasteiger partial charge < -0.3 is 15.1 Å². The van der Waals surface area contributed by atoms with Gasteiger partial charge >= 0.3 is 0 Å². The number of nitrogens with one attached hydrogen (secondary N) is 1. The molecule has 162 valence electrons. The van der Waals surface area contributed by atoms with Crippen LogP contribution >= 0.6 is 0 Å². The number of para-hydroxylation sites is 1. The number of carbonyl (C=O) groups excluding carboxylic acids is 1. The Kier molecular flexibility index (Phi) is 6.95. The fraction of sp³-hybridized carbons (Fsp3) is 0.385. The minimum atomic E-state index is -0.0405. The van der Waals surface area contributed by atoms with Crippen LogP contribution < -0.4 is 5.32 Å². The molecule has 2 heterocycles. The summed E-state index contributed by atoms with van der Waals surface area (Å²) in [5.41, 5.74) is 3.01. The quantitative estimate of drug-likeness (QED) is 0.639. The fourth-order valence-corrected chi connectivity index (χ4v) is 4.52. The number of carbonyl (C=O) groups is 1. The Labute approximate surface area is 185 Å². The first-order chi connectivity index (χ1) is 15.1. The van der Waals surface area contributed by atoms with Crippen LogP contribution in [0.5, 0.6) is 0 Å². The summed E-state index contributed by atoms with van der Waals surface area (Å²) in [5, 5.41) is 4.37. The number of likely N-dealkylation sites (N-methyl/N-ethyl adjacent to an activating group) is 1. The van der Waals surface area contributed by atoms with Crippen molar-refractivity contribution < 1.29 is 4.79 Å². The van der Waals surface area contributed by atoms with Gasteiger partial charge in [-0.25, -0.2) is 0 Å². The third-order valence-corrected chi connectivity index (χ3v) is 6.39. The van der Waals surface area contributed by atoms with E-state index < -0.39 is 0 Å². The molecular weight excluding hydrogens is 384 g/mol. The number of pyridine rings is 1. The maximum atomic E-state index is 13.1. The predicted octanol–water partition coefficient (Wildman–Crippen LogP) is 3.66. The normalized spacial score (nSPS) is 16.5. The number of piperidine rings is 1. The molecule has 31 heavy (non-hydrogen) atoms. The van der Waals surface area contributed by atoms with Crippen LogP contribution in [0.25, 0.3) is 10.9 Å². The molecule has 1 aliphatic heterocycles.